The predicted molar refractivity (Wildman–Crippen MR) is 64.1 cm³/mol. The molecule has 1 aromatic rings. The summed E-state index contributed by atoms with van der Waals surface area (Å²) >= 11 is 7.64. The molecule has 0 aliphatic rings. The van der Waals surface area contributed by atoms with Gasteiger partial charge in [-0.15, -0.1) is 11.8 Å². The third kappa shape index (κ3) is 3.40. The van der Waals surface area contributed by atoms with Crippen molar-refractivity contribution in [2.45, 2.75) is 25.3 Å². The zero-order chi connectivity index (χ0) is 11.3. The summed E-state index contributed by atoms with van der Waals surface area (Å²) in [6.07, 6.45) is 2.77. The fraction of sp³-hybridized carbons (Fsp3) is 0.455. The van der Waals surface area contributed by atoms with Gasteiger partial charge in [-0.05, 0) is 12.0 Å². The molecule has 15 heavy (non-hydrogen) atoms. The van der Waals surface area contributed by atoms with E-state index in [1.54, 1.807) is 24.0 Å². The van der Waals surface area contributed by atoms with Crippen LogP contribution in [0.25, 0.3) is 0 Å². The molecule has 0 radical (unpaired) electrons. The second-order valence-corrected chi connectivity index (χ2v) is 4.80. The number of aromatic nitrogens is 1. The number of hydrogen-bond acceptors (Lipinski definition) is 3. The molecule has 0 saturated heterocycles. The lowest BCUT2D eigenvalue weighted by Gasteiger charge is -2.08. The fourth-order valence-electron chi connectivity index (χ4n) is 0.951. The molecule has 4 heteroatoms. The maximum Gasteiger partial charge on any atom is 0.116 e. The van der Waals surface area contributed by atoms with Crippen molar-refractivity contribution in [2.75, 3.05) is 5.75 Å². The summed E-state index contributed by atoms with van der Waals surface area (Å²) in [7, 11) is 0. The van der Waals surface area contributed by atoms with Crippen LogP contribution in [0, 0.1) is 17.2 Å². The van der Waals surface area contributed by atoms with Gasteiger partial charge in [-0.3, -0.25) is 0 Å². The van der Waals surface area contributed by atoms with Gasteiger partial charge in [-0.1, -0.05) is 31.9 Å². The van der Waals surface area contributed by atoms with Crippen molar-refractivity contribution in [1.29, 1.82) is 5.26 Å². The summed E-state index contributed by atoms with van der Waals surface area (Å²) < 4.78 is 0. The summed E-state index contributed by atoms with van der Waals surface area (Å²) in [6, 6.07) is 3.69. The van der Waals surface area contributed by atoms with Gasteiger partial charge in [0.15, 0.2) is 0 Å². The third-order valence-corrected chi connectivity index (χ3v) is 3.99. The van der Waals surface area contributed by atoms with E-state index in [0.29, 0.717) is 16.5 Å². The van der Waals surface area contributed by atoms with E-state index in [-0.39, 0.29) is 0 Å². The Labute approximate surface area is 99.7 Å². The van der Waals surface area contributed by atoms with E-state index in [0.717, 1.165) is 17.2 Å². The Morgan fingerprint density at radius 3 is 3.00 bits per heavy atom. The number of nitriles is 1. The molecule has 0 N–H and O–H groups in total. The van der Waals surface area contributed by atoms with E-state index in [2.05, 4.69) is 24.9 Å². The minimum atomic E-state index is 0.480. The van der Waals surface area contributed by atoms with E-state index in [9.17, 15) is 0 Å². The van der Waals surface area contributed by atoms with Crippen molar-refractivity contribution in [3.05, 3.63) is 22.8 Å². The molecule has 0 amide bonds. The number of nitrogens with zero attached hydrogens (tertiary/aromatic N) is 2. The van der Waals surface area contributed by atoms with Crippen molar-refractivity contribution in [1.82, 2.24) is 4.98 Å². The van der Waals surface area contributed by atoms with Crippen molar-refractivity contribution >= 4 is 23.4 Å². The predicted octanol–water partition coefficient (Wildman–Crippen LogP) is 3.74. The number of rotatable bonds is 4. The van der Waals surface area contributed by atoms with Crippen molar-refractivity contribution < 1.29 is 0 Å². The Balaban J connectivity index is 2.74. The molecule has 1 aromatic heterocycles. The molecule has 80 valence electrons. The number of thioether (sulfide) groups is 1. The first-order chi connectivity index (χ1) is 7.19. The SMILES string of the molecule is CCC(C)CSc1nccc(C#N)c1Cl. The van der Waals surface area contributed by atoms with Crippen LogP contribution in [0.4, 0.5) is 0 Å². The number of halogens is 1. The van der Waals surface area contributed by atoms with Crippen LogP contribution < -0.4 is 0 Å². The first-order valence-corrected chi connectivity index (χ1v) is 6.22. The minimum absolute atomic E-state index is 0.480. The summed E-state index contributed by atoms with van der Waals surface area (Å²) in [5.41, 5.74) is 0.498. The quantitative estimate of drug-likeness (QED) is 0.753. The largest absolute Gasteiger partial charge is 0.248 e. The molecular weight excluding hydrogens is 228 g/mol. The summed E-state index contributed by atoms with van der Waals surface area (Å²) in [5, 5.41) is 10.0. The van der Waals surface area contributed by atoms with Gasteiger partial charge in [0, 0.05) is 11.9 Å². The summed E-state index contributed by atoms with van der Waals surface area (Å²) in [4.78, 5) is 4.17. The topological polar surface area (TPSA) is 36.7 Å². The molecule has 1 atom stereocenters. The molecule has 1 heterocycles. The third-order valence-electron chi connectivity index (χ3n) is 2.18. The van der Waals surface area contributed by atoms with Crippen LogP contribution in [0.1, 0.15) is 25.8 Å². The fourth-order valence-corrected chi connectivity index (χ4v) is 2.32. The first kappa shape index (κ1) is 12.4. The molecule has 0 aromatic carbocycles. The maximum absolute atomic E-state index is 8.79. The normalized spacial score (nSPS) is 12.1. The zero-order valence-corrected chi connectivity index (χ0v) is 10.4. The molecular formula is C11H13ClN2S. The first-order valence-electron chi connectivity index (χ1n) is 4.86. The van der Waals surface area contributed by atoms with Crippen LogP contribution in [-0.4, -0.2) is 10.7 Å². The highest BCUT2D eigenvalue weighted by atomic mass is 35.5. The Bertz CT molecular complexity index is 373. The highest BCUT2D eigenvalue weighted by molar-refractivity contribution is 7.99. The van der Waals surface area contributed by atoms with Gasteiger partial charge in [0.2, 0.25) is 0 Å². The molecule has 0 spiro atoms. The van der Waals surface area contributed by atoms with Gasteiger partial charge < -0.3 is 0 Å². The molecule has 1 unspecified atom stereocenters. The number of pyridine rings is 1. The van der Waals surface area contributed by atoms with Crippen molar-refractivity contribution in [3.8, 4) is 6.07 Å². The van der Waals surface area contributed by atoms with E-state index < -0.39 is 0 Å². The Hall–Kier alpha value is -0.720. The van der Waals surface area contributed by atoms with Gasteiger partial charge in [-0.2, -0.15) is 5.26 Å². The Kier molecular flexibility index (Phi) is 4.93. The van der Waals surface area contributed by atoms with Gasteiger partial charge in [0.05, 0.1) is 10.6 Å². The van der Waals surface area contributed by atoms with Gasteiger partial charge in [0.25, 0.3) is 0 Å². The van der Waals surface area contributed by atoms with Crippen LogP contribution in [0.3, 0.4) is 0 Å². The maximum atomic E-state index is 8.79. The second-order valence-electron chi connectivity index (χ2n) is 3.41. The lowest BCUT2D eigenvalue weighted by atomic mass is 10.2. The monoisotopic (exact) mass is 240 g/mol. The van der Waals surface area contributed by atoms with Crippen LogP contribution >= 0.6 is 23.4 Å². The number of hydrogen-bond donors (Lipinski definition) is 0. The second kappa shape index (κ2) is 5.99. The van der Waals surface area contributed by atoms with Gasteiger partial charge in [-0.25, -0.2) is 4.98 Å². The molecule has 0 aliphatic carbocycles. The lowest BCUT2D eigenvalue weighted by Crippen LogP contribution is -1.96. The Morgan fingerprint density at radius 1 is 1.67 bits per heavy atom. The van der Waals surface area contributed by atoms with E-state index in [4.69, 9.17) is 16.9 Å². The highest BCUT2D eigenvalue weighted by Gasteiger charge is 2.09. The minimum Gasteiger partial charge on any atom is -0.248 e. The summed E-state index contributed by atoms with van der Waals surface area (Å²) in [5.74, 6) is 1.62. The van der Waals surface area contributed by atoms with E-state index in [1.165, 1.54) is 0 Å². The van der Waals surface area contributed by atoms with E-state index in [1.807, 2.05) is 0 Å². The van der Waals surface area contributed by atoms with Crippen molar-refractivity contribution in [2.24, 2.45) is 5.92 Å². The average molecular weight is 241 g/mol. The molecule has 0 aliphatic heterocycles. The summed E-state index contributed by atoms with van der Waals surface area (Å²) in [6.45, 7) is 4.35. The van der Waals surface area contributed by atoms with Gasteiger partial charge in [0.1, 0.15) is 11.1 Å². The van der Waals surface area contributed by atoms with Crippen LogP contribution in [-0.2, 0) is 0 Å². The molecule has 0 saturated carbocycles. The zero-order valence-electron chi connectivity index (χ0n) is 8.83. The van der Waals surface area contributed by atoms with Gasteiger partial charge >= 0.3 is 0 Å². The van der Waals surface area contributed by atoms with Crippen molar-refractivity contribution in [3.63, 3.8) is 0 Å². The van der Waals surface area contributed by atoms with Crippen LogP contribution in [0.15, 0.2) is 17.3 Å². The molecule has 2 nitrogen and oxygen atoms in total. The molecule has 0 fully saturated rings. The lowest BCUT2D eigenvalue weighted by molar-refractivity contribution is 0.636. The molecule has 0 bridgehead atoms. The average Bonchev–Trinajstić information content (AvgIpc) is 2.27. The standard InChI is InChI=1S/C11H13ClN2S/c1-3-8(2)7-15-11-10(12)9(6-13)4-5-14-11/h4-5,8H,3,7H2,1-2H3. The smallest absolute Gasteiger partial charge is 0.116 e. The molecule has 1 rings (SSSR count). The van der Waals surface area contributed by atoms with Crippen LogP contribution in [0.2, 0.25) is 5.02 Å². The van der Waals surface area contributed by atoms with Crippen LogP contribution in [0.5, 0.6) is 0 Å². The van der Waals surface area contributed by atoms with E-state index >= 15 is 0 Å². The highest BCUT2D eigenvalue weighted by Crippen LogP contribution is 2.29. The Morgan fingerprint density at radius 2 is 2.40 bits per heavy atom.